The number of rotatable bonds is 9. The topological polar surface area (TPSA) is 93.5 Å². The van der Waals surface area contributed by atoms with Crippen molar-refractivity contribution in [3.63, 3.8) is 0 Å². The molecule has 28 heavy (non-hydrogen) atoms. The van der Waals surface area contributed by atoms with Crippen LogP contribution < -0.4 is 16.4 Å². The highest BCUT2D eigenvalue weighted by molar-refractivity contribution is 6.00. The third-order valence-electron chi connectivity index (χ3n) is 4.18. The van der Waals surface area contributed by atoms with Gasteiger partial charge in [0.05, 0.1) is 0 Å². The van der Waals surface area contributed by atoms with E-state index < -0.39 is 5.54 Å². The van der Waals surface area contributed by atoms with E-state index in [1.807, 2.05) is 37.3 Å². The predicted molar refractivity (Wildman–Crippen MR) is 114 cm³/mol. The summed E-state index contributed by atoms with van der Waals surface area (Å²) in [5, 5.41) is 5.63. The van der Waals surface area contributed by atoms with Gasteiger partial charge in [0.25, 0.3) is 5.91 Å². The molecule has 2 amide bonds. The zero-order valence-electron chi connectivity index (χ0n) is 16.2. The molecule has 0 spiro atoms. The van der Waals surface area contributed by atoms with Crippen molar-refractivity contribution in [2.75, 3.05) is 25.1 Å². The molecule has 0 bridgehead atoms. The summed E-state index contributed by atoms with van der Waals surface area (Å²) in [6.07, 6.45) is 0.749. The van der Waals surface area contributed by atoms with Crippen molar-refractivity contribution in [1.29, 1.82) is 0 Å². The van der Waals surface area contributed by atoms with Crippen LogP contribution in [0, 0.1) is 0 Å². The minimum Gasteiger partial charge on any atom is -0.382 e. The van der Waals surface area contributed by atoms with Gasteiger partial charge in [-0.3, -0.25) is 9.59 Å². The lowest BCUT2D eigenvalue weighted by Crippen LogP contribution is -2.45. The SMILES string of the molecule is CCOCCCNC(=O)c1cccc(NC(=O)C(C)(N)c2ccccc2)c1.Cl. The van der Waals surface area contributed by atoms with Gasteiger partial charge >= 0.3 is 0 Å². The quantitative estimate of drug-likeness (QED) is 0.559. The second-order valence-corrected chi connectivity index (χ2v) is 6.41. The maximum atomic E-state index is 12.6. The van der Waals surface area contributed by atoms with Crippen LogP contribution in [0.15, 0.2) is 54.6 Å². The molecule has 0 aromatic heterocycles. The molecule has 0 radical (unpaired) electrons. The van der Waals surface area contributed by atoms with Crippen molar-refractivity contribution in [3.8, 4) is 0 Å². The summed E-state index contributed by atoms with van der Waals surface area (Å²) < 4.78 is 5.24. The predicted octanol–water partition coefficient (Wildman–Crippen LogP) is 3.08. The number of hydrogen-bond donors (Lipinski definition) is 3. The zero-order chi connectivity index (χ0) is 19.7. The van der Waals surface area contributed by atoms with Gasteiger partial charge in [-0.2, -0.15) is 0 Å². The van der Waals surface area contributed by atoms with Gasteiger partial charge in [0.2, 0.25) is 5.91 Å². The molecular formula is C21H28ClN3O3. The molecule has 7 heteroatoms. The third-order valence-corrected chi connectivity index (χ3v) is 4.18. The standard InChI is InChI=1S/C21H27N3O3.ClH/c1-3-27-14-8-13-23-19(25)16-9-7-12-18(15-16)24-20(26)21(2,22)17-10-5-4-6-11-17;/h4-7,9-12,15H,3,8,13-14,22H2,1-2H3,(H,23,25)(H,24,26);1H. The highest BCUT2D eigenvalue weighted by atomic mass is 35.5. The molecule has 0 saturated carbocycles. The summed E-state index contributed by atoms with van der Waals surface area (Å²) in [7, 11) is 0. The first kappa shape index (κ1) is 23.6. The van der Waals surface area contributed by atoms with E-state index in [-0.39, 0.29) is 24.2 Å². The van der Waals surface area contributed by atoms with Crippen molar-refractivity contribution in [1.82, 2.24) is 5.32 Å². The third kappa shape index (κ3) is 6.64. The molecule has 2 aromatic carbocycles. The molecule has 6 nitrogen and oxygen atoms in total. The van der Waals surface area contributed by atoms with E-state index in [9.17, 15) is 9.59 Å². The van der Waals surface area contributed by atoms with Crippen LogP contribution in [0.5, 0.6) is 0 Å². The largest absolute Gasteiger partial charge is 0.382 e. The Hall–Kier alpha value is -2.41. The molecule has 0 aliphatic carbocycles. The van der Waals surface area contributed by atoms with E-state index in [1.165, 1.54) is 0 Å². The van der Waals surface area contributed by atoms with Crippen LogP contribution in [0.3, 0.4) is 0 Å². The van der Waals surface area contributed by atoms with Crippen LogP contribution in [-0.2, 0) is 15.1 Å². The van der Waals surface area contributed by atoms with E-state index in [2.05, 4.69) is 10.6 Å². The number of halogens is 1. The van der Waals surface area contributed by atoms with Gasteiger partial charge in [0.1, 0.15) is 5.54 Å². The van der Waals surface area contributed by atoms with Crippen LogP contribution in [0.4, 0.5) is 5.69 Å². The smallest absolute Gasteiger partial charge is 0.251 e. The molecular weight excluding hydrogens is 378 g/mol. The molecule has 1 atom stereocenters. The second kappa shape index (κ2) is 11.4. The Morgan fingerprint density at radius 3 is 2.50 bits per heavy atom. The summed E-state index contributed by atoms with van der Waals surface area (Å²) in [6.45, 7) is 5.40. The summed E-state index contributed by atoms with van der Waals surface area (Å²) in [5.41, 5.74) is 6.76. The van der Waals surface area contributed by atoms with Crippen LogP contribution in [0.1, 0.15) is 36.2 Å². The summed E-state index contributed by atoms with van der Waals surface area (Å²) in [6, 6.07) is 16.0. The van der Waals surface area contributed by atoms with Gasteiger partial charge in [-0.1, -0.05) is 36.4 Å². The Morgan fingerprint density at radius 1 is 1.11 bits per heavy atom. The molecule has 0 saturated heterocycles. The number of benzene rings is 2. The van der Waals surface area contributed by atoms with E-state index >= 15 is 0 Å². The fraction of sp³-hybridized carbons (Fsp3) is 0.333. The van der Waals surface area contributed by atoms with Crippen molar-refractivity contribution in [2.45, 2.75) is 25.8 Å². The number of anilines is 1. The highest BCUT2D eigenvalue weighted by Gasteiger charge is 2.30. The number of nitrogens with one attached hydrogen (secondary N) is 2. The minimum atomic E-state index is -1.18. The minimum absolute atomic E-state index is 0. The number of carbonyl (C=O) groups excluding carboxylic acids is 2. The average molecular weight is 406 g/mol. The van der Waals surface area contributed by atoms with Gasteiger partial charge in [-0.05, 0) is 44.0 Å². The molecule has 2 rings (SSSR count). The number of ether oxygens (including phenoxy) is 1. The Morgan fingerprint density at radius 2 is 1.82 bits per heavy atom. The molecule has 0 fully saturated rings. The van der Waals surface area contributed by atoms with Crippen LogP contribution in [0.2, 0.25) is 0 Å². The van der Waals surface area contributed by atoms with Crippen LogP contribution in [0.25, 0.3) is 0 Å². The van der Waals surface area contributed by atoms with Crippen molar-refractivity contribution >= 4 is 29.9 Å². The fourth-order valence-electron chi connectivity index (χ4n) is 2.54. The Kier molecular flexibility index (Phi) is 9.65. The molecule has 4 N–H and O–H groups in total. The van der Waals surface area contributed by atoms with E-state index in [1.54, 1.807) is 31.2 Å². The summed E-state index contributed by atoms with van der Waals surface area (Å²) in [5.74, 6) is -0.538. The maximum absolute atomic E-state index is 12.6. The average Bonchev–Trinajstić information content (AvgIpc) is 2.68. The Bertz CT molecular complexity index is 767. The molecule has 2 aromatic rings. The van der Waals surface area contributed by atoms with Crippen LogP contribution in [-0.4, -0.2) is 31.6 Å². The first-order chi connectivity index (χ1) is 12.9. The molecule has 0 heterocycles. The lowest BCUT2D eigenvalue weighted by atomic mass is 9.92. The van der Waals surface area contributed by atoms with Crippen molar-refractivity contribution in [3.05, 3.63) is 65.7 Å². The van der Waals surface area contributed by atoms with Crippen LogP contribution >= 0.6 is 12.4 Å². The highest BCUT2D eigenvalue weighted by Crippen LogP contribution is 2.20. The molecule has 0 aliphatic rings. The first-order valence-corrected chi connectivity index (χ1v) is 9.07. The van der Waals surface area contributed by atoms with Gasteiger partial charge < -0.3 is 21.1 Å². The van der Waals surface area contributed by atoms with Gasteiger partial charge in [0.15, 0.2) is 0 Å². The van der Waals surface area contributed by atoms with Gasteiger partial charge in [-0.25, -0.2) is 0 Å². The molecule has 1 unspecified atom stereocenters. The lowest BCUT2D eigenvalue weighted by Gasteiger charge is -2.24. The Labute approximate surface area is 172 Å². The maximum Gasteiger partial charge on any atom is 0.251 e. The summed E-state index contributed by atoms with van der Waals surface area (Å²) >= 11 is 0. The van der Waals surface area contributed by atoms with E-state index in [4.69, 9.17) is 10.5 Å². The molecule has 0 aliphatic heterocycles. The number of amides is 2. The zero-order valence-corrected chi connectivity index (χ0v) is 17.1. The van der Waals surface area contributed by atoms with Gasteiger partial charge in [-0.15, -0.1) is 12.4 Å². The first-order valence-electron chi connectivity index (χ1n) is 9.07. The number of nitrogens with two attached hydrogens (primary N) is 1. The normalized spacial score (nSPS) is 12.4. The van der Waals surface area contributed by atoms with Crippen molar-refractivity contribution < 1.29 is 14.3 Å². The molecule has 152 valence electrons. The Balaban J connectivity index is 0.00000392. The van der Waals surface area contributed by atoms with E-state index in [0.717, 1.165) is 6.42 Å². The monoisotopic (exact) mass is 405 g/mol. The number of carbonyl (C=O) groups is 2. The lowest BCUT2D eigenvalue weighted by molar-refractivity contribution is -0.120. The second-order valence-electron chi connectivity index (χ2n) is 6.41. The van der Waals surface area contributed by atoms with E-state index in [0.29, 0.717) is 36.6 Å². The van der Waals surface area contributed by atoms with Gasteiger partial charge in [0, 0.05) is 31.0 Å². The number of hydrogen-bond acceptors (Lipinski definition) is 4. The van der Waals surface area contributed by atoms with Crippen molar-refractivity contribution in [2.24, 2.45) is 5.73 Å². The fourth-order valence-corrected chi connectivity index (χ4v) is 2.54. The summed E-state index contributed by atoms with van der Waals surface area (Å²) in [4.78, 5) is 24.9.